The quantitative estimate of drug-likeness (QED) is 0.188. The van der Waals surface area contributed by atoms with E-state index < -0.39 is 47.8 Å². The average molecular weight is 566 g/mol. The van der Waals surface area contributed by atoms with Crippen molar-refractivity contribution in [2.75, 3.05) is 12.4 Å². The number of ether oxygens (including phenoxy) is 3. The molecule has 6 N–H and O–H groups in total. The summed E-state index contributed by atoms with van der Waals surface area (Å²) < 4.78 is 22.4. The number of phenolic OH excluding ortho intramolecular Hbond substituents is 2. The van der Waals surface area contributed by atoms with Crippen molar-refractivity contribution in [3.05, 3.63) is 76.5 Å². The zero-order valence-electron chi connectivity index (χ0n) is 21.8. The molecule has 1 amide bonds. The number of anilines is 1. The van der Waals surface area contributed by atoms with Gasteiger partial charge in [-0.25, -0.2) is 0 Å². The molecule has 0 spiro atoms. The van der Waals surface area contributed by atoms with Crippen LogP contribution in [0.4, 0.5) is 5.69 Å². The van der Waals surface area contributed by atoms with E-state index >= 15 is 0 Å². The van der Waals surface area contributed by atoms with Gasteiger partial charge in [0.05, 0.1) is 7.11 Å². The van der Waals surface area contributed by atoms with Crippen LogP contribution in [0.3, 0.4) is 0 Å². The Morgan fingerprint density at radius 3 is 2.27 bits per heavy atom. The Morgan fingerprint density at radius 1 is 0.927 bits per heavy atom. The van der Waals surface area contributed by atoms with Crippen molar-refractivity contribution in [3.8, 4) is 34.3 Å². The lowest BCUT2D eigenvalue weighted by atomic mass is 9.98. The molecular formula is C29H27NO11. The van der Waals surface area contributed by atoms with Gasteiger partial charge >= 0.3 is 0 Å². The smallest absolute Gasteiger partial charge is 0.256 e. The molecule has 4 aromatic rings. The van der Waals surface area contributed by atoms with Gasteiger partial charge in [-0.15, -0.1) is 0 Å². The monoisotopic (exact) mass is 565 g/mol. The average Bonchev–Trinajstić information content (AvgIpc) is 2.96. The number of aromatic hydroxyl groups is 2. The van der Waals surface area contributed by atoms with Crippen molar-refractivity contribution in [1.82, 2.24) is 0 Å². The molecule has 5 rings (SSSR count). The molecule has 0 aliphatic carbocycles. The second-order valence-corrected chi connectivity index (χ2v) is 9.48. The Bertz CT molecular complexity index is 1630. The van der Waals surface area contributed by atoms with Crippen LogP contribution in [0.25, 0.3) is 22.3 Å². The van der Waals surface area contributed by atoms with Crippen molar-refractivity contribution < 1.29 is 49.0 Å². The summed E-state index contributed by atoms with van der Waals surface area (Å²) in [6, 6.07) is 14.8. The number of benzene rings is 3. The molecule has 0 saturated carbocycles. The van der Waals surface area contributed by atoms with Gasteiger partial charge in [0.15, 0.2) is 11.5 Å². The molecule has 214 valence electrons. The SMILES string of the molecule is COc1ccc(-c2cc(=O)c3c(O)c(C)c(OC4OC(C(=O)Nc5ccc(O)cc5)C(O)C(O)C4O)cc3o2)cc1. The summed E-state index contributed by atoms with van der Waals surface area (Å²) >= 11 is 0. The van der Waals surface area contributed by atoms with E-state index in [1.807, 2.05) is 0 Å². The van der Waals surface area contributed by atoms with Crippen LogP contribution in [-0.2, 0) is 9.53 Å². The summed E-state index contributed by atoms with van der Waals surface area (Å²) in [4.78, 5) is 25.8. The number of fused-ring (bicyclic) bond motifs is 1. The fourth-order valence-electron chi connectivity index (χ4n) is 4.44. The van der Waals surface area contributed by atoms with Crippen molar-refractivity contribution in [2.45, 2.75) is 37.6 Å². The molecule has 41 heavy (non-hydrogen) atoms. The van der Waals surface area contributed by atoms with E-state index in [0.29, 0.717) is 11.3 Å². The van der Waals surface area contributed by atoms with Gasteiger partial charge in [-0.05, 0) is 55.5 Å². The highest BCUT2D eigenvalue weighted by Crippen LogP contribution is 2.37. The highest BCUT2D eigenvalue weighted by molar-refractivity contribution is 5.95. The molecule has 3 aromatic carbocycles. The molecule has 5 unspecified atom stereocenters. The molecule has 1 saturated heterocycles. The van der Waals surface area contributed by atoms with Gasteiger partial charge < -0.3 is 49.5 Å². The van der Waals surface area contributed by atoms with Gasteiger partial charge in [-0.3, -0.25) is 9.59 Å². The minimum Gasteiger partial charge on any atom is -0.508 e. The Morgan fingerprint density at radius 2 is 1.61 bits per heavy atom. The van der Waals surface area contributed by atoms with Gasteiger partial charge in [0, 0.05) is 28.9 Å². The summed E-state index contributed by atoms with van der Waals surface area (Å²) in [6.07, 6.45) is -8.77. The Hall–Kier alpha value is -4.62. The minimum atomic E-state index is -1.83. The molecule has 1 aliphatic heterocycles. The standard InChI is InChI=1S/C29H27NO11/c1-13-19(12-21-22(23(13)33)18(32)11-20(39-21)14-3-9-17(38-2)10-4-14)40-29-26(36)24(34)25(35)27(41-29)28(37)30-15-5-7-16(31)8-6-15/h3-12,24-27,29,31,33-36H,1-2H3,(H,30,37). The lowest BCUT2D eigenvalue weighted by molar-refractivity contribution is -0.265. The number of carbonyl (C=O) groups excluding carboxylic acids is 1. The number of amides is 1. The topological polar surface area (TPSA) is 188 Å². The first-order chi connectivity index (χ1) is 19.6. The Balaban J connectivity index is 1.45. The lowest BCUT2D eigenvalue weighted by Gasteiger charge is -2.39. The highest BCUT2D eigenvalue weighted by Gasteiger charge is 2.48. The maximum Gasteiger partial charge on any atom is 0.256 e. The van der Waals surface area contributed by atoms with E-state index in [0.717, 1.165) is 0 Å². The number of aliphatic hydroxyl groups excluding tert-OH is 3. The molecular weight excluding hydrogens is 538 g/mol. The molecule has 12 nitrogen and oxygen atoms in total. The van der Waals surface area contributed by atoms with Gasteiger partial charge in [-0.1, -0.05) is 0 Å². The zero-order chi connectivity index (χ0) is 29.4. The maximum absolute atomic E-state index is 12.9. The fraction of sp³-hybridized carbons (Fsp3) is 0.241. The van der Waals surface area contributed by atoms with E-state index in [4.69, 9.17) is 18.6 Å². The highest BCUT2D eigenvalue weighted by atomic mass is 16.7. The number of methoxy groups -OCH3 is 1. The van der Waals surface area contributed by atoms with Gasteiger partial charge in [0.2, 0.25) is 6.29 Å². The maximum atomic E-state index is 12.9. The summed E-state index contributed by atoms with van der Waals surface area (Å²) in [5, 5.41) is 54.1. The molecule has 1 fully saturated rings. The third-order valence-electron chi connectivity index (χ3n) is 6.78. The summed E-state index contributed by atoms with van der Waals surface area (Å²) in [7, 11) is 1.52. The normalized spacial score (nSPS) is 22.3. The van der Waals surface area contributed by atoms with Crippen molar-refractivity contribution in [3.63, 3.8) is 0 Å². The van der Waals surface area contributed by atoms with Gasteiger partial charge in [0.25, 0.3) is 5.91 Å². The number of rotatable bonds is 6. The third kappa shape index (κ3) is 5.41. The molecule has 1 aromatic heterocycles. The lowest BCUT2D eigenvalue weighted by Crippen LogP contribution is -2.62. The molecule has 12 heteroatoms. The first-order valence-electron chi connectivity index (χ1n) is 12.5. The Kier molecular flexibility index (Phi) is 7.56. The number of nitrogens with one attached hydrogen (secondary N) is 1. The van der Waals surface area contributed by atoms with E-state index in [1.54, 1.807) is 24.3 Å². The van der Waals surface area contributed by atoms with Crippen LogP contribution in [0.15, 0.2) is 69.9 Å². The van der Waals surface area contributed by atoms with Crippen LogP contribution in [0.2, 0.25) is 0 Å². The molecule has 1 aliphatic rings. The molecule has 2 heterocycles. The summed E-state index contributed by atoms with van der Waals surface area (Å²) in [6.45, 7) is 1.45. The van der Waals surface area contributed by atoms with Crippen molar-refractivity contribution >= 4 is 22.6 Å². The second kappa shape index (κ2) is 11.1. The predicted molar refractivity (Wildman–Crippen MR) is 145 cm³/mol. The first-order valence-corrected chi connectivity index (χ1v) is 12.5. The fourth-order valence-corrected chi connectivity index (χ4v) is 4.44. The molecule has 5 atom stereocenters. The van der Waals surface area contributed by atoms with Crippen LogP contribution >= 0.6 is 0 Å². The predicted octanol–water partition coefficient (Wildman–Crippen LogP) is 2.01. The van der Waals surface area contributed by atoms with Crippen molar-refractivity contribution in [2.24, 2.45) is 0 Å². The molecule has 0 bridgehead atoms. The van der Waals surface area contributed by atoms with Crippen LogP contribution in [0, 0.1) is 6.92 Å². The summed E-state index contributed by atoms with van der Waals surface area (Å²) in [5.74, 6) is -0.566. The van der Waals surface area contributed by atoms with Gasteiger partial charge in [-0.2, -0.15) is 0 Å². The summed E-state index contributed by atoms with van der Waals surface area (Å²) in [5.41, 5.74) is 0.401. The van der Waals surface area contributed by atoms with E-state index in [2.05, 4.69) is 5.32 Å². The number of phenols is 2. The number of hydrogen-bond donors (Lipinski definition) is 6. The zero-order valence-corrected chi connectivity index (χ0v) is 21.8. The Labute approximate surface area is 232 Å². The number of carbonyl (C=O) groups is 1. The largest absolute Gasteiger partial charge is 0.508 e. The van der Waals surface area contributed by atoms with Gasteiger partial charge in [0.1, 0.15) is 58.0 Å². The van der Waals surface area contributed by atoms with E-state index in [1.165, 1.54) is 50.4 Å². The number of hydrogen-bond acceptors (Lipinski definition) is 11. The molecule has 0 radical (unpaired) electrons. The second-order valence-electron chi connectivity index (χ2n) is 9.48. The van der Waals surface area contributed by atoms with Crippen LogP contribution in [0.5, 0.6) is 23.0 Å². The van der Waals surface area contributed by atoms with Crippen LogP contribution in [-0.4, -0.2) is 69.3 Å². The van der Waals surface area contributed by atoms with Crippen LogP contribution < -0.4 is 20.2 Å². The third-order valence-corrected chi connectivity index (χ3v) is 6.78. The van der Waals surface area contributed by atoms with E-state index in [9.17, 15) is 35.1 Å². The van der Waals surface area contributed by atoms with Crippen LogP contribution in [0.1, 0.15) is 5.56 Å². The minimum absolute atomic E-state index is 0.0232. The first kappa shape index (κ1) is 27.9. The van der Waals surface area contributed by atoms with E-state index in [-0.39, 0.29) is 39.5 Å². The number of aliphatic hydroxyl groups is 3. The van der Waals surface area contributed by atoms with Crippen molar-refractivity contribution in [1.29, 1.82) is 0 Å².